The second kappa shape index (κ2) is 8.33. The molecule has 2 N–H and O–H groups in total. The van der Waals surface area contributed by atoms with Crippen molar-refractivity contribution in [3.05, 3.63) is 51.0 Å². The molecule has 26 heavy (non-hydrogen) atoms. The van der Waals surface area contributed by atoms with E-state index in [2.05, 4.69) is 20.3 Å². The number of halogens is 1. The van der Waals surface area contributed by atoms with E-state index < -0.39 is 0 Å². The number of hydrogen-bond donors (Lipinski definition) is 2. The van der Waals surface area contributed by atoms with Crippen LogP contribution in [0.4, 0.5) is 5.95 Å². The SMILES string of the molecule is COCCCCn1cnc2nc(NCc3ccc(C)c(Cl)c3)[nH]c(=O)c21. The van der Waals surface area contributed by atoms with Crippen molar-refractivity contribution in [3.8, 4) is 0 Å². The summed E-state index contributed by atoms with van der Waals surface area (Å²) >= 11 is 6.14. The molecular formula is C18H22ClN5O2. The maximum absolute atomic E-state index is 12.4. The number of unbranched alkanes of at least 4 members (excludes halogenated alkanes) is 1. The molecule has 0 bridgehead atoms. The maximum atomic E-state index is 12.4. The molecule has 0 spiro atoms. The Morgan fingerprint density at radius 2 is 2.19 bits per heavy atom. The number of aromatic amines is 1. The van der Waals surface area contributed by atoms with Crippen molar-refractivity contribution in [2.24, 2.45) is 0 Å². The number of fused-ring (bicyclic) bond motifs is 1. The number of nitrogens with zero attached hydrogens (tertiary/aromatic N) is 3. The fraction of sp³-hybridized carbons (Fsp3) is 0.389. The van der Waals surface area contributed by atoms with Crippen LogP contribution < -0.4 is 10.9 Å². The molecule has 0 amide bonds. The van der Waals surface area contributed by atoms with Gasteiger partial charge in [-0.05, 0) is 37.0 Å². The average Bonchev–Trinajstić information content (AvgIpc) is 3.03. The molecule has 2 heterocycles. The molecule has 3 rings (SSSR count). The summed E-state index contributed by atoms with van der Waals surface area (Å²) in [6, 6.07) is 5.85. The number of nitrogens with one attached hydrogen (secondary N) is 2. The number of rotatable bonds is 8. The zero-order valence-corrected chi connectivity index (χ0v) is 15.6. The van der Waals surface area contributed by atoms with E-state index in [1.54, 1.807) is 13.4 Å². The molecule has 3 aromatic rings. The summed E-state index contributed by atoms with van der Waals surface area (Å²) in [5.41, 5.74) is 2.76. The summed E-state index contributed by atoms with van der Waals surface area (Å²) in [4.78, 5) is 23.9. The first-order valence-electron chi connectivity index (χ1n) is 8.51. The van der Waals surface area contributed by atoms with Gasteiger partial charge in [-0.1, -0.05) is 23.7 Å². The first-order chi connectivity index (χ1) is 12.6. The Labute approximate surface area is 156 Å². The van der Waals surface area contributed by atoms with Gasteiger partial charge in [-0.3, -0.25) is 9.78 Å². The van der Waals surface area contributed by atoms with Gasteiger partial charge in [0.15, 0.2) is 11.2 Å². The van der Waals surface area contributed by atoms with Gasteiger partial charge in [0.05, 0.1) is 6.33 Å². The monoisotopic (exact) mass is 375 g/mol. The van der Waals surface area contributed by atoms with Gasteiger partial charge >= 0.3 is 0 Å². The molecular weight excluding hydrogens is 354 g/mol. The van der Waals surface area contributed by atoms with Crippen LogP contribution in [0, 0.1) is 6.92 Å². The van der Waals surface area contributed by atoms with Crippen LogP contribution in [-0.4, -0.2) is 33.2 Å². The highest BCUT2D eigenvalue weighted by atomic mass is 35.5. The van der Waals surface area contributed by atoms with Crippen molar-refractivity contribution in [1.29, 1.82) is 0 Å². The minimum absolute atomic E-state index is 0.205. The number of hydrogen-bond acceptors (Lipinski definition) is 5. The maximum Gasteiger partial charge on any atom is 0.278 e. The Morgan fingerprint density at radius 1 is 1.35 bits per heavy atom. The minimum atomic E-state index is -0.205. The number of anilines is 1. The lowest BCUT2D eigenvalue weighted by Crippen LogP contribution is -2.16. The first kappa shape index (κ1) is 18.4. The molecule has 0 saturated heterocycles. The lowest BCUT2D eigenvalue weighted by atomic mass is 10.1. The minimum Gasteiger partial charge on any atom is -0.385 e. The Bertz CT molecular complexity index is 950. The highest BCUT2D eigenvalue weighted by molar-refractivity contribution is 6.31. The Balaban J connectivity index is 1.72. The molecule has 0 unspecified atom stereocenters. The summed E-state index contributed by atoms with van der Waals surface area (Å²) in [5, 5.41) is 3.83. The third kappa shape index (κ3) is 4.23. The Hall–Kier alpha value is -2.38. The highest BCUT2D eigenvalue weighted by Crippen LogP contribution is 2.17. The van der Waals surface area contributed by atoms with E-state index >= 15 is 0 Å². The largest absolute Gasteiger partial charge is 0.385 e. The molecule has 8 heteroatoms. The molecule has 0 fully saturated rings. The highest BCUT2D eigenvalue weighted by Gasteiger charge is 2.10. The average molecular weight is 376 g/mol. The Morgan fingerprint density at radius 3 is 2.96 bits per heavy atom. The smallest absolute Gasteiger partial charge is 0.278 e. The molecule has 0 aliphatic carbocycles. The van der Waals surface area contributed by atoms with E-state index in [4.69, 9.17) is 16.3 Å². The van der Waals surface area contributed by atoms with Gasteiger partial charge in [0, 0.05) is 31.8 Å². The van der Waals surface area contributed by atoms with Crippen LogP contribution in [0.2, 0.25) is 5.02 Å². The standard InChI is InChI=1S/C18H22ClN5O2/c1-12-5-6-13(9-14(12)19)10-20-18-22-16-15(17(25)23-18)24(11-21-16)7-3-4-8-26-2/h5-6,9,11H,3-4,7-8,10H2,1-2H3,(H2,20,22,23,25). The molecule has 0 atom stereocenters. The molecule has 0 aliphatic heterocycles. The summed E-state index contributed by atoms with van der Waals surface area (Å²) < 4.78 is 6.88. The van der Waals surface area contributed by atoms with Gasteiger partial charge in [0.2, 0.25) is 5.95 Å². The number of benzene rings is 1. The van der Waals surface area contributed by atoms with Gasteiger partial charge < -0.3 is 14.6 Å². The van der Waals surface area contributed by atoms with E-state index in [1.807, 2.05) is 29.7 Å². The van der Waals surface area contributed by atoms with Crippen LogP contribution >= 0.6 is 11.6 Å². The lowest BCUT2D eigenvalue weighted by Gasteiger charge is -2.07. The topological polar surface area (TPSA) is 84.8 Å². The number of imidazole rings is 1. The van der Waals surface area contributed by atoms with E-state index in [0.717, 1.165) is 24.0 Å². The number of ether oxygens (including phenoxy) is 1. The van der Waals surface area contributed by atoms with Crippen LogP contribution in [0.3, 0.4) is 0 Å². The van der Waals surface area contributed by atoms with E-state index in [0.29, 0.717) is 41.8 Å². The van der Waals surface area contributed by atoms with Gasteiger partial charge in [-0.25, -0.2) is 4.98 Å². The number of methoxy groups -OCH3 is 1. The predicted molar refractivity (Wildman–Crippen MR) is 103 cm³/mol. The van der Waals surface area contributed by atoms with Gasteiger partial charge in [-0.15, -0.1) is 0 Å². The second-order valence-corrected chi connectivity index (χ2v) is 6.57. The van der Waals surface area contributed by atoms with Crippen LogP contribution in [0.25, 0.3) is 11.2 Å². The summed E-state index contributed by atoms with van der Waals surface area (Å²) in [7, 11) is 1.68. The van der Waals surface area contributed by atoms with Crippen LogP contribution in [0.15, 0.2) is 29.3 Å². The molecule has 0 radical (unpaired) electrons. The second-order valence-electron chi connectivity index (χ2n) is 6.16. The van der Waals surface area contributed by atoms with Crippen molar-refractivity contribution >= 4 is 28.7 Å². The number of aryl methyl sites for hydroxylation is 2. The third-order valence-corrected chi connectivity index (χ3v) is 4.58. The molecule has 2 aromatic heterocycles. The van der Waals surface area contributed by atoms with Gasteiger partial charge in [-0.2, -0.15) is 4.98 Å². The Kier molecular flexibility index (Phi) is 5.90. The first-order valence-corrected chi connectivity index (χ1v) is 8.89. The molecule has 1 aromatic carbocycles. The zero-order valence-electron chi connectivity index (χ0n) is 14.9. The normalized spacial score (nSPS) is 11.2. The van der Waals surface area contributed by atoms with Crippen molar-refractivity contribution in [1.82, 2.24) is 19.5 Å². The predicted octanol–water partition coefficient (Wildman–Crippen LogP) is 3.12. The lowest BCUT2D eigenvalue weighted by molar-refractivity contribution is 0.191. The molecule has 0 aliphatic rings. The fourth-order valence-electron chi connectivity index (χ4n) is 2.70. The van der Waals surface area contributed by atoms with Crippen molar-refractivity contribution < 1.29 is 4.74 Å². The molecule has 138 valence electrons. The summed E-state index contributed by atoms with van der Waals surface area (Å²) in [6.45, 7) is 3.88. The van der Waals surface area contributed by atoms with Crippen LogP contribution in [-0.2, 0) is 17.8 Å². The van der Waals surface area contributed by atoms with Crippen LogP contribution in [0.5, 0.6) is 0 Å². The van der Waals surface area contributed by atoms with Gasteiger partial charge in [0.1, 0.15) is 0 Å². The van der Waals surface area contributed by atoms with E-state index in [-0.39, 0.29) is 5.56 Å². The van der Waals surface area contributed by atoms with Crippen LogP contribution in [0.1, 0.15) is 24.0 Å². The van der Waals surface area contributed by atoms with E-state index in [9.17, 15) is 4.79 Å². The van der Waals surface area contributed by atoms with E-state index in [1.165, 1.54) is 0 Å². The fourth-order valence-corrected chi connectivity index (χ4v) is 2.90. The molecule has 7 nitrogen and oxygen atoms in total. The number of aromatic nitrogens is 4. The summed E-state index contributed by atoms with van der Waals surface area (Å²) in [5.74, 6) is 0.392. The summed E-state index contributed by atoms with van der Waals surface area (Å²) in [6.07, 6.45) is 3.50. The number of H-pyrrole nitrogens is 1. The zero-order chi connectivity index (χ0) is 18.5. The molecule has 0 saturated carbocycles. The van der Waals surface area contributed by atoms with Crippen molar-refractivity contribution in [2.45, 2.75) is 32.9 Å². The van der Waals surface area contributed by atoms with Crippen molar-refractivity contribution in [2.75, 3.05) is 19.0 Å². The quantitative estimate of drug-likeness (QED) is 0.591. The van der Waals surface area contributed by atoms with Gasteiger partial charge in [0.25, 0.3) is 5.56 Å². The third-order valence-electron chi connectivity index (χ3n) is 4.18. The van der Waals surface area contributed by atoms with Crippen molar-refractivity contribution in [3.63, 3.8) is 0 Å².